The van der Waals surface area contributed by atoms with Gasteiger partial charge in [-0.2, -0.15) is 0 Å². The van der Waals surface area contributed by atoms with Crippen LogP contribution in [0.15, 0.2) is 18.6 Å². The maximum Gasteiger partial charge on any atom is 0.225 e. The summed E-state index contributed by atoms with van der Waals surface area (Å²) in [6, 6.07) is 0. The Labute approximate surface area is 147 Å². The first kappa shape index (κ1) is 16.1. The van der Waals surface area contributed by atoms with Gasteiger partial charge in [0, 0.05) is 44.4 Å². The van der Waals surface area contributed by atoms with Crippen LogP contribution in [0.2, 0.25) is 0 Å². The molecule has 2 aliphatic rings. The molecule has 1 aliphatic heterocycles. The summed E-state index contributed by atoms with van der Waals surface area (Å²) >= 11 is 0. The van der Waals surface area contributed by atoms with Gasteiger partial charge in [-0.25, -0.2) is 15.0 Å². The highest BCUT2D eigenvalue weighted by molar-refractivity contribution is 5.79. The second-order valence-electron chi connectivity index (χ2n) is 6.96. The molecule has 2 aromatic rings. The topological polar surface area (TPSA) is 75.9 Å². The lowest BCUT2D eigenvalue weighted by Crippen LogP contribution is -2.34. The first-order chi connectivity index (χ1) is 12.2. The number of hydrogen-bond donors (Lipinski definition) is 1. The number of carbonyl (C=O) groups is 1. The van der Waals surface area contributed by atoms with Gasteiger partial charge in [-0.1, -0.05) is 6.42 Å². The third-order valence-electron chi connectivity index (χ3n) is 5.19. The summed E-state index contributed by atoms with van der Waals surface area (Å²) in [4.78, 5) is 27.7. The second kappa shape index (κ2) is 6.82. The molecule has 132 valence electrons. The maximum absolute atomic E-state index is 12.1. The summed E-state index contributed by atoms with van der Waals surface area (Å²) in [5, 5.41) is 3.07. The van der Waals surface area contributed by atoms with Crippen molar-refractivity contribution >= 4 is 11.9 Å². The largest absolute Gasteiger partial charge is 0.350 e. The Morgan fingerprint density at radius 1 is 1.16 bits per heavy atom. The molecule has 1 fully saturated rings. The van der Waals surface area contributed by atoms with Crippen LogP contribution in [-0.4, -0.2) is 38.5 Å². The van der Waals surface area contributed by atoms with E-state index < -0.39 is 0 Å². The molecule has 0 radical (unpaired) electrons. The summed E-state index contributed by atoms with van der Waals surface area (Å²) in [5.74, 6) is 2.25. The van der Waals surface area contributed by atoms with Gasteiger partial charge in [0.25, 0.3) is 0 Å². The number of aryl methyl sites for hydroxylation is 1. The van der Waals surface area contributed by atoms with Crippen LogP contribution in [0.5, 0.6) is 0 Å². The number of nitrogens with zero attached hydrogens (tertiary/aromatic N) is 5. The van der Waals surface area contributed by atoms with E-state index in [-0.39, 0.29) is 11.8 Å². The Hall–Kier alpha value is -2.44. The molecule has 4 rings (SSSR count). The maximum atomic E-state index is 12.1. The van der Waals surface area contributed by atoms with Gasteiger partial charge < -0.3 is 14.8 Å². The van der Waals surface area contributed by atoms with Crippen molar-refractivity contribution in [3.63, 3.8) is 0 Å². The zero-order valence-corrected chi connectivity index (χ0v) is 14.6. The fraction of sp³-hybridized carbons (Fsp3) is 0.556. The Balaban J connectivity index is 1.40. The average molecular weight is 340 g/mol. The Kier molecular flexibility index (Phi) is 4.38. The van der Waals surface area contributed by atoms with Crippen LogP contribution in [0.4, 0.5) is 5.95 Å². The molecular weight excluding hydrogens is 316 g/mol. The van der Waals surface area contributed by atoms with Crippen molar-refractivity contribution in [1.29, 1.82) is 0 Å². The highest BCUT2D eigenvalue weighted by Crippen LogP contribution is 2.26. The van der Waals surface area contributed by atoms with Crippen LogP contribution in [0.25, 0.3) is 0 Å². The molecule has 7 heteroatoms. The molecular formula is C18H24N6O. The molecule has 25 heavy (non-hydrogen) atoms. The quantitative estimate of drug-likeness (QED) is 0.912. The third kappa shape index (κ3) is 3.36. The number of aromatic nitrogens is 4. The predicted octanol–water partition coefficient (Wildman–Crippen LogP) is 1.46. The minimum Gasteiger partial charge on any atom is -0.350 e. The fourth-order valence-corrected chi connectivity index (χ4v) is 3.38. The SMILES string of the molecule is Cc1cnc(N2CCc3ncc(CNC(=O)C4CCC4)n3CC2)nc1. The van der Waals surface area contributed by atoms with Crippen molar-refractivity contribution in [3.05, 3.63) is 35.7 Å². The lowest BCUT2D eigenvalue weighted by molar-refractivity contribution is -0.127. The van der Waals surface area contributed by atoms with Gasteiger partial charge >= 0.3 is 0 Å². The van der Waals surface area contributed by atoms with Crippen molar-refractivity contribution in [3.8, 4) is 0 Å². The summed E-state index contributed by atoms with van der Waals surface area (Å²) < 4.78 is 2.23. The molecule has 0 unspecified atom stereocenters. The predicted molar refractivity (Wildman–Crippen MR) is 94.1 cm³/mol. The highest BCUT2D eigenvalue weighted by atomic mass is 16.1. The molecule has 0 atom stereocenters. The molecule has 3 heterocycles. The number of fused-ring (bicyclic) bond motifs is 1. The van der Waals surface area contributed by atoms with E-state index in [0.717, 1.165) is 61.9 Å². The van der Waals surface area contributed by atoms with Crippen molar-refractivity contribution in [1.82, 2.24) is 24.8 Å². The van der Waals surface area contributed by atoms with Crippen LogP contribution in [0.1, 0.15) is 36.3 Å². The van der Waals surface area contributed by atoms with Crippen molar-refractivity contribution in [2.45, 2.75) is 45.7 Å². The smallest absolute Gasteiger partial charge is 0.225 e. The molecule has 1 amide bonds. The first-order valence-electron chi connectivity index (χ1n) is 9.05. The standard InChI is InChI=1S/C18H24N6O/c1-13-9-21-18(22-10-13)23-6-5-16-19-11-15(24(16)8-7-23)12-20-17(25)14-3-2-4-14/h9-11,14H,2-8,12H2,1H3,(H,20,25). The van der Waals surface area contributed by atoms with Crippen molar-refractivity contribution in [2.24, 2.45) is 5.92 Å². The first-order valence-corrected chi connectivity index (χ1v) is 9.05. The molecule has 2 aromatic heterocycles. The average Bonchev–Trinajstić information content (AvgIpc) is 2.82. The van der Waals surface area contributed by atoms with Gasteiger partial charge in [-0.05, 0) is 25.3 Å². The number of nitrogens with one attached hydrogen (secondary N) is 1. The number of imidazole rings is 1. The molecule has 0 spiro atoms. The van der Waals surface area contributed by atoms with Crippen LogP contribution >= 0.6 is 0 Å². The summed E-state index contributed by atoms with van der Waals surface area (Å²) in [6.45, 7) is 5.08. The van der Waals surface area contributed by atoms with E-state index in [1.807, 2.05) is 25.5 Å². The molecule has 1 saturated carbocycles. The summed E-state index contributed by atoms with van der Waals surface area (Å²) in [6.07, 6.45) is 9.70. The second-order valence-corrected chi connectivity index (χ2v) is 6.96. The van der Waals surface area contributed by atoms with E-state index in [9.17, 15) is 4.79 Å². The summed E-state index contributed by atoms with van der Waals surface area (Å²) in [5.41, 5.74) is 2.14. The van der Waals surface area contributed by atoms with E-state index in [4.69, 9.17) is 0 Å². The van der Waals surface area contributed by atoms with Crippen LogP contribution in [0.3, 0.4) is 0 Å². The third-order valence-corrected chi connectivity index (χ3v) is 5.19. The Morgan fingerprint density at radius 2 is 1.96 bits per heavy atom. The van der Waals surface area contributed by atoms with Gasteiger partial charge in [0.2, 0.25) is 11.9 Å². The molecule has 7 nitrogen and oxygen atoms in total. The van der Waals surface area contributed by atoms with E-state index in [0.29, 0.717) is 6.54 Å². The molecule has 0 aromatic carbocycles. The van der Waals surface area contributed by atoms with E-state index in [2.05, 4.69) is 29.7 Å². The Bertz CT molecular complexity index is 749. The van der Waals surface area contributed by atoms with Gasteiger partial charge in [-0.3, -0.25) is 4.79 Å². The summed E-state index contributed by atoms with van der Waals surface area (Å²) in [7, 11) is 0. The number of amides is 1. The molecule has 1 aliphatic carbocycles. The zero-order valence-electron chi connectivity index (χ0n) is 14.6. The number of carbonyl (C=O) groups excluding carboxylic acids is 1. The lowest BCUT2D eigenvalue weighted by Gasteiger charge is -2.24. The van der Waals surface area contributed by atoms with E-state index >= 15 is 0 Å². The minimum absolute atomic E-state index is 0.185. The van der Waals surface area contributed by atoms with Crippen molar-refractivity contribution in [2.75, 3.05) is 18.0 Å². The number of hydrogen-bond acceptors (Lipinski definition) is 5. The molecule has 0 bridgehead atoms. The minimum atomic E-state index is 0.185. The highest BCUT2D eigenvalue weighted by Gasteiger charge is 2.25. The molecule has 0 saturated heterocycles. The van der Waals surface area contributed by atoms with E-state index in [1.54, 1.807) is 0 Å². The van der Waals surface area contributed by atoms with Gasteiger partial charge in [0.15, 0.2) is 0 Å². The van der Waals surface area contributed by atoms with Crippen LogP contribution in [0, 0.1) is 12.8 Å². The molecule has 1 N–H and O–H groups in total. The van der Waals surface area contributed by atoms with Gasteiger partial charge in [0.1, 0.15) is 5.82 Å². The van der Waals surface area contributed by atoms with Crippen LogP contribution in [-0.2, 0) is 24.3 Å². The van der Waals surface area contributed by atoms with Gasteiger partial charge in [0.05, 0.1) is 18.4 Å². The van der Waals surface area contributed by atoms with Crippen LogP contribution < -0.4 is 10.2 Å². The zero-order chi connectivity index (χ0) is 17.2. The Morgan fingerprint density at radius 3 is 2.68 bits per heavy atom. The normalized spacial score (nSPS) is 17.6. The monoisotopic (exact) mass is 340 g/mol. The number of anilines is 1. The number of rotatable bonds is 4. The van der Waals surface area contributed by atoms with E-state index in [1.165, 1.54) is 6.42 Å². The fourth-order valence-electron chi connectivity index (χ4n) is 3.38. The van der Waals surface area contributed by atoms with Gasteiger partial charge in [-0.15, -0.1) is 0 Å². The van der Waals surface area contributed by atoms with Crippen molar-refractivity contribution < 1.29 is 4.79 Å². The lowest BCUT2D eigenvalue weighted by atomic mass is 9.85.